The van der Waals surface area contributed by atoms with Crippen molar-refractivity contribution in [3.8, 4) is 10.4 Å². The second kappa shape index (κ2) is 8.92. The maximum Gasteiger partial charge on any atom is 0.138 e. The molecule has 3 heterocycles. The first-order chi connectivity index (χ1) is 14.9. The lowest BCUT2D eigenvalue weighted by Gasteiger charge is -2.24. The van der Waals surface area contributed by atoms with Crippen LogP contribution in [0.3, 0.4) is 0 Å². The Bertz CT molecular complexity index is 1120. The molecule has 0 atom stereocenters. The second-order valence-electron chi connectivity index (χ2n) is 7.58. The van der Waals surface area contributed by atoms with Gasteiger partial charge in [-0.25, -0.2) is 9.97 Å². The number of nitrogens with zero attached hydrogens (tertiary/aromatic N) is 2. The van der Waals surface area contributed by atoms with Crippen molar-refractivity contribution in [2.24, 2.45) is 0 Å². The van der Waals surface area contributed by atoms with E-state index in [4.69, 9.17) is 4.74 Å². The number of ether oxygens (including phenoxy) is 1. The van der Waals surface area contributed by atoms with E-state index in [1.165, 1.54) is 21.6 Å². The van der Waals surface area contributed by atoms with E-state index in [9.17, 15) is 0 Å². The van der Waals surface area contributed by atoms with Crippen LogP contribution in [0.25, 0.3) is 20.7 Å². The van der Waals surface area contributed by atoms with Crippen LogP contribution in [0, 0.1) is 0 Å². The number of thiophene rings is 1. The van der Waals surface area contributed by atoms with Crippen LogP contribution in [0.2, 0.25) is 0 Å². The van der Waals surface area contributed by atoms with E-state index in [2.05, 4.69) is 69.9 Å². The Balaban J connectivity index is 1.36. The monoisotopic (exact) mass is 417 g/mol. The van der Waals surface area contributed by atoms with E-state index in [1.807, 2.05) is 6.07 Å². The first-order valence-electron chi connectivity index (χ1n) is 10.4. The van der Waals surface area contributed by atoms with Crippen LogP contribution in [0.4, 0.5) is 5.82 Å². The molecule has 2 aromatic heterocycles. The van der Waals surface area contributed by atoms with Gasteiger partial charge in [0.15, 0.2) is 0 Å². The van der Waals surface area contributed by atoms with Gasteiger partial charge in [0.2, 0.25) is 0 Å². The Morgan fingerprint density at radius 2 is 1.70 bits per heavy atom. The van der Waals surface area contributed by atoms with Gasteiger partial charge in [-0.2, -0.15) is 0 Å². The number of aromatic nitrogens is 2. The van der Waals surface area contributed by atoms with Crippen molar-refractivity contribution in [2.45, 2.75) is 13.1 Å². The first kappa shape index (κ1) is 19.2. The Kier molecular flexibility index (Phi) is 5.70. The molecule has 0 amide bonds. The summed E-state index contributed by atoms with van der Waals surface area (Å²) < 4.78 is 5.50. The fourth-order valence-corrected chi connectivity index (χ4v) is 4.93. The van der Waals surface area contributed by atoms with E-state index >= 15 is 0 Å². The molecule has 1 fully saturated rings. The predicted molar refractivity (Wildman–Crippen MR) is 122 cm³/mol. The van der Waals surface area contributed by atoms with Crippen molar-refractivity contribution < 1.29 is 9.64 Å². The molecule has 2 aromatic carbocycles. The third-order valence-corrected chi connectivity index (χ3v) is 6.68. The van der Waals surface area contributed by atoms with Crippen LogP contribution in [0.5, 0.6) is 0 Å². The third kappa shape index (κ3) is 4.21. The summed E-state index contributed by atoms with van der Waals surface area (Å²) in [6.07, 6.45) is 1.65. The van der Waals surface area contributed by atoms with Crippen molar-refractivity contribution in [3.63, 3.8) is 0 Å². The Morgan fingerprint density at radius 3 is 2.53 bits per heavy atom. The molecule has 2 N–H and O–H groups in total. The molecule has 4 aromatic rings. The molecule has 6 heteroatoms. The van der Waals surface area contributed by atoms with Crippen LogP contribution in [-0.2, 0) is 17.8 Å². The molecule has 0 aliphatic carbocycles. The molecule has 1 saturated heterocycles. The van der Waals surface area contributed by atoms with Crippen LogP contribution < -0.4 is 10.2 Å². The van der Waals surface area contributed by atoms with Crippen molar-refractivity contribution >= 4 is 27.4 Å². The van der Waals surface area contributed by atoms with Gasteiger partial charge in [-0.05, 0) is 17.2 Å². The molecule has 0 unspecified atom stereocenters. The maximum absolute atomic E-state index is 5.50. The largest absolute Gasteiger partial charge is 0.370 e. The van der Waals surface area contributed by atoms with Gasteiger partial charge in [0.05, 0.1) is 18.6 Å². The molecule has 0 bridgehead atoms. The highest BCUT2D eigenvalue weighted by Gasteiger charge is 2.16. The second-order valence-corrected chi connectivity index (χ2v) is 8.61. The topological polar surface area (TPSA) is 51.5 Å². The minimum atomic E-state index is 0.753. The zero-order valence-corrected chi connectivity index (χ0v) is 17.6. The highest BCUT2D eigenvalue weighted by atomic mass is 32.1. The lowest BCUT2D eigenvalue weighted by Crippen LogP contribution is -3.12. The molecule has 1 aliphatic rings. The van der Waals surface area contributed by atoms with E-state index in [0.29, 0.717) is 0 Å². The van der Waals surface area contributed by atoms with E-state index in [0.717, 1.165) is 55.4 Å². The van der Waals surface area contributed by atoms with Gasteiger partial charge in [0, 0.05) is 17.0 Å². The van der Waals surface area contributed by atoms with Gasteiger partial charge < -0.3 is 15.0 Å². The standard InChI is InChI=1S/C24H24N4OS/c1-2-6-18(7-3-1)22-14-21-23(26-17-27-24(21)30-22)25-15-19-8-4-5-9-20(19)16-28-10-12-29-13-11-28/h1-9,14,17H,10-13,15-16H2,(H,25,26,27)/p+1. The van der Waals surface area contributed by atoms with Gasteiger partial charge in [-0.15, -0.1) is 11.3 Å². The highest BCUT2D eigenvalue weighted by molar-refractivity contribution is 7.21. The lowest BCUT2D eigenvalue weighted by molar-refractivity contribution is -0.921. The van der Waals surface area contributed by atoms with Crippen molar-refractivity contribution in [1.29, 1.82) is 0 Å². The number of hydrogen-bond donors (Lipinski definition) is 2. The molecule has 152 valence electrons. The van der Waals surface area contributed by atoms with Crippen LogP contribution in [-0.4, -0.2) is 36.3 Å². The predicted octanol–water partition coefficient (Wildman–Crippen LogP) is 3.39. The summed E-state index contributed by atoms with van der Waals surface area (Å²) >= 11 is 1.71. The van der Waals surface area contributed by atoms with E-state index < -0.39 is 0 Å². The molecule has 0 spiro atoms. The summed E-state index contributed by atoms with van der Waals surface area (Å²) in [6, 6.07) is 21.3. The zero-order chi connectivity index (χ0) is 20.2. The van der Waals surface area contributed by atoms with Gasteiger partial charge in [-0.3, -0.25) is 0 Å². The Labute approximate surface area is 180 Å². The highest BCUT2D eigenvalue weighted by Crippen LogP contribution is 2.34. The lowest BCUT2D eigenvalue weighted by atomic mass is 10.1. The van der Waals surface area contributed by atoms with Gasteiger partial charge in [0.25, 0.3) is 0 Å². The molecule has 0 radical (unpaired) electrons. The Morgan fingerprint density at radius 1 is 0.933 bits per heavy atom. The average molecular weight is 418 g/mol. The smallest absolute Gasteiger partial charge is 0.138 e. The SMILES string of the molecule is c1ccc(-c2cc3c(NCc4ccccc4C[NH+]4CCOCC4)ncnc3s2)cc1. The molecule has 5 rings (SSSR count). The summed E-state index contributed by atoms with van der Waals surface area (Å²) in [4.78, 5) is 12.8. The zero-order valence-electron chi connectivity index (χ0n) is 16.8. The number of rotatable bonds is 6. The van der Waals surface area contributed by atoms with Crippen molar-refractivity contribution in [2.75, 3.05) is 31.6 Å². The fourth-order valence-electron chi connectivity index (χ4n) is 3.93. The number of quaternary nitrogens is 1. The molecule has 1 aliphatic heterocycles. The van der Waals surface area contributed by atoms with Gasteiger partial charge >= 0.3 is 0 Å². The van der Waals surface area contributed by atoms with Crippen LogP contribution >= 0.6 is 11.3 Å². The van der Waals surface area contributed by atoms with E-state index in [-0.39, 0.29) is 0 Å². The minimum Gasteiger partial charge on any atom is -0.370 e. The summed E-state index contributed by atoms with van der Waals surface area (Å²) in [7, 11) is 0. The van der Waals surface area contributed by atoms with Crippen molar-refractivity contribution in [1.82, 2.24) is 9.97 Å². The number of hydrogen-bond acceptors (Lipinski definition) is 5. The number of benzene rings is 2. The first-order valence-corrected chi connectivity index (χ1v) is 11.2. The molecular formula is C24H25N4OS+. The Hall–Kier alpha value is -2.80. The van der Waals surface area contributed by atoms with Crippen LogP contribution in [0.1, 0.15) is 11.1 Å². The van der Waals surface area contributed by atoms with Crippen molar-refractivity contribution in [3.05, 3.63) is 78.1 Å². The molecular weight excluding hydrogens is 392 g/mol. The summed E-state index contributed by atoms with van der Waals surface area (Å²) in [6.45, 7) is 5.66. The normalized spacial score (nSPS) is 14.8. The number of morpholine rings is 1. The third-order valence-electron chi connectivity index (χ3n) is 5.59. The van der Waals surface area contributed by atoms with E-state index in [1.54, 1.807) is 22.6 Å². The summed E-state index contributed by atoms with van der Waals surface area (Å²) in [5.41, 5.74) is 3.93. The quantitative estimate of drug-likeness (QED) is 0.505. The molecule has 0 saturated carbocycles. The summed E-state index contributed by atoms with van der Waals surface area (Å²) in [5.74, 6) is 0.895. The molecule has 30 heavy (non-hydrogen) atoms. The minimum absolute atomic E-state index is 0.753. The maximum atomic E-state index is 5.50. The average Bonchev–Trinajstić information content (AvgIpc) is 3.25. The van der Waals surface area contributed by atoms with Crippen LogP contribution in [0.15, 0.2) is 67.0 Å². The number of nitrogens with one attached hydrogen (secondary N) is 2. The number of fused-ring (bicyclic) bond motifs is 1. The fraction of sp³-hybridized carbons (Fsp3) is 0.250. The summed E-state index contributed by atoms with van der Waals surface area (Å²) in [5, 5.41) is 4.65. The molecule has 5 nitrogen and oxygen atoms in total. The van der Waals surface area contributed by atoms with Gasteiger partial charge in [-0.1, -0.05) is 54.6 Å². The van der Waals surface area contributed by atoms with Gasteiger partial charge in [0.1, 0.15) is 36.6 Å². The number of anilines is 1.